The quantitative estimate of drug-likeness (QED) is 0.614. The molecule has 1 aliphatic carbocycles. The summed E-state index contributed by atoms with van der Waals surface area (Å²) in [4.78, 5) is 17.4. The van der Waals surface area contributed by atoms with E-state index in [1.54, 1.807) is 0 Å². The van der Waals surface area contributed by atoms with E-state index >= 15 is 0 Å². The van der Waals surface area contributed by atoms with E-state index in [-0.39, 0.29) is 11.7 Å². The Balaban J connectivity index is 1.83. The number of fused-ring (bicyclic) bond motifs is 2. The smallest absolute Gasteiger partial charge is 0.167 e. The normalized spacial score (nSPS) is 17.1. The van der Waals surface area contributed by atoms with Gasteiger partial charge in [-0.2, -0.15) is 0 Å². The molecule has 2 aromatic carbocycles. The standard InChI is InChI=1S/C19H14BrClN2O/c20-12-3-6-15-14(9-12)19(22)18-16(23-15)7-11(8-17(18)24)10-1-4-13(21)5-2-10/h1-6,9,11H,7-8H2,(H2,22,23). The molecule has 1 aromatic heterocycles. The molecular weight excluding hydrogens is 388 g/mol. The van der Waals surface area contributed by atoms with Crippen LogP contribution in [0.15, 0.2) is 46.9 Å². The fourth-order valence-electron chi connectivity index (χ4n) is 3.37. The lowest BCUT2D eigenvalue weighted by Gasteiger charge is -2.25. The summed E-state index contributed by atoms with van der Waals surface area (Å²) >= 11 is 9.40. The monoisotopic (exact) mass is 400 g/mol. The number of aromatic nitrogens is 1. The van der Waals surface area contributed by atoms with E-state index < -0.39 is 0 Å². The molecule has 24 heavy (non-hydrogen) atoms. The number of hydrogen-bond donors (Lipinski definition) is 1. The topological polar surface area (TPSA) is 56.0 Å². The Bertz CT molecular complexity index is 969. The maximum Gasteiger partial charge on any atom is 0.167 e. The van der Waals surface area contributed by atoms with Crippen molar-refractivity contribution in [3.63, 3.8) is 0 Å². The average molecular weight is 402 g/mol. The summed E-state index contributed by atoms with van der Waals surface area (Å²) in [5.74, 6) is 0.171. The van der Waals surface area contributed by atoms with Gasteiger partial charge in [0, 0.05) is 21.3 Å². The Labute approximate surface area is 153 Å². The van der Waals surface area contributed by atoms with E-state index in [1.165, 1.54) is 0 Å². The maximum absolute atomic E-state index is 12.7. The number of carbonyl (C=O) groups excluding carboxylic acids is 1. The first-order valence-corrected chi connectivity index (χ1v) is 8.86. The third kappa shape index (κ3) is 2.60. The number of rotatable bonds is 1. The molecule has 0 fully saturated rings. The number of pyridine rings is 1. The number of hydrogen-bond acceptors (Lipinski definition) is 3. The fourth-order valence-corrected chi connectivity index (χ4v) is 3.86. The number of Topliss-reactive ketones (excluding diaryl/α,β-unsaturated/α-hetero) is 1. The highest BCUT2D eigenvalue weighted by Crippen LogP contribution is 2.37. The molecule has 3 aromatic rings. The molecule has 2 N–H and O–H groups in total. The Morgan fingerprint density at radius 3 is 2.62 bits per heavy atom. The molecule has 0 amide bonds. The van der Waals surface area contributed by atoms with Crippen molar-refractivity contribution < 1.29 is 4.79 Å². The number of nitrogens with zero attached hydrogens (tertiary/aromatic N) is 1. The zero-order chi connectivity index (χ0) is 16.8. The van der Waals surface area contributed by atoms with Crippen molar-refractivity contribution in [2.75, 3.05) is 5.73 Å². The van der Waals surface area contributed by atoms with Crippen LogP contribution in [0.4, 0.5) is 5.69 Å². The van der Waals surface area contributed by atoms with Crippen LogP contribution in [0.5, 0.6) is 0 Å². The molecule has 0 radical (unpaired) electrons. The third-order valence-electron chi connectivity index (χ3n) is 4.55. The summed E-state index contributed by atoms with van der Waals surface area (Å²) in [7, 11) is 0. The average Bonchev–Trinajstić information content (AvgIpc) is 2.56. The lowest BCUT2D eigenvalue weighted by molar-refractivity contribution is 0.0964. The van der Waals surface area contributed by atoms with E-state index in [2.05, 4.69) is 15.9 Å². The van der Waals surface area contributed by atoms with Crippen LogP contribution >= 0.6 is 27.5 Å². The number of nitrogens with two attached hydrogens (primary N) is 1. The molecule has 0 spiro atoms. The summed E-state index contributed by atoms with van der Waals surface area (Å²) in [5.41, 5.74) is 10.1. The first-order valence-electron chi connectivity index (χ1n) is 7.69. The maximum atomic E-state index is 12.7. The molecular formula is C19H14BrClN2O. The Morgan fingerprint density at radius 1 is 1.12 bits per heavy atom. The molecule has 0 aliphatic heterocycles. The molecule has 1 heterocycles. The summed E-state index contributed by atoms with van der Waals surface area (Å²) in [6, 6.07) is 13.4. The first-order chi connectivity index (χ1) is 11.5. The molecule has 1 aliphatic rings. The van der Waals surface area contributed by atoms with Crippen LogP contribution in [0.25, 0.3) is 10.9 Å². The second kappa shape index (κ2) is 5.87. The molecule has 120 valence electrons. The third-order valence-corrected chi connectivity index (χ3v) is 5.30. The SMILES string of the molecule is Nc1c2c(nc3ccc(Br)cc13)CC(c1ccc(Cl)cc1)CC2=O. The van der Waals surface area contributed by atoms with Crippen molar-refractivity contribution in [2.45, 2.75) is 18.8 Å². The molecule has 1 atom stereocenters. The van der Waals surface area contributed by atoms with Crippen LogP contribution in [0, 0.1) is 0 Å². The van der Waals surface area contributed by atoms with E-state index in [4.69, 9.17) is 22.3 Å². The molecule has 3 nitrogen and oxygen atoms in total. The first kappa shape index (κ1) is 15.6. The summed E-state index contributed by atoms with van der Waals surface area (Å²) < 4.78 is 0.922. The van der Waals surface area contributed by atoms with Crippen LogP contribution in [-0.2, 0) is 6.42 Å². The van der Waals surface area contributed by atoms with Crippen molar-refractivity contribution in [1.29, 1.82) is 0 Å². The number of nitrogen functional groups attached to an aromatic ring is 1. The molecule has 0 bridgehead atoms. The van der Waals surface area contributed by atoms with Crippen LogP contribution in [0.3, 0.4) is 0 Å². The van der Waals surface area contributed by atoms with Gasteiger partial charge in [0.2, 0.25) is 0 Å². The van der Waals surface area contributed by atoms with Gasteiger partial charge in [-0.15, -0.1) is 0 Å². The highest BCUT2D eigenvalue weighted by atomic mass is 79.9. The minimum absolute atomic E-state index is 0.0584. The fraction of sp³-hybridized carbons (Fsp3) is 0.158. The van der Waals surface area contributed by atoms with Gasteiger partial charge in [0.05, 0.1) is 22.5 Å². The van der Waals surface area contributed by atoms with Crippen molar-refractivity contribution in [2.24, 2.45) is 0 Å². The van der Waals surface area contributed by atoms with Gasteiger partial charge >= 0.3 is 0 Å². The van der Waals surface area contributed by atoms with Gasteiger partial charge < -0.3 is 5.73 Å². The number of carbonyl (C=O) groups is 1. The molecule has 0 saturated carbocycles. The summed E-state index contributed by atoms with van der Waals surface area (Å²) in [6.45, 7) is 0. The highest BCUT2D eigenvalue weighted by Gasteiger charge is 2.30. The van der Waals surface area contributed by atoms with Crippen LogP contribution < -0.4 is 5.73 Å². The van der Waals surface area contributed by atoms with E-state index in [1.807, 2.05) is 42.5 Å². The van der Waals surface area contributed by atoms with Gasteiger partial charge in [0.15, 0.2) is 5.78 Å². The Kier molecular flexibility index (Phi) is 3.82. The molecule has 1 unspecified atom stereocenters. The van der Waals surface area contributed by atoms with Crippen molar-refractivity contribution in [3.8, 4) is 0 Å². The van der Waals surface area contributed by atoms with E-state index in [9.17, 15) is 4.79 Å². The molecule has 0 saturated heterocycles. The molecule has 5 heteroatoms. The van der Waals surface area contributed by atoms with E-state index in [0.29, 0.717) is 29.1 Å². The predicted octanol–water partition coefficient (Wildman–Crippen LogP) is 5.15. The second-order valence-corrected chi connectivity index (χ2v) is 7.44. The summed E-state index contributed by atoms with van der Waals surface area (Å²) in [6.07, 6.45) is 1.15. The van der Waals surface area contributed by atoms with Gasteiger partial charge in [-0.3, -0.25) is 9.78 Å². The van der Waals surface area contributed by atoms with Crippen molar-refractivity contribution >= 4 is 49.9 Å². The van der Waals surface area contributed by atoms with Gasteiger partial charge in [-0.25, -0.2) is 0 Å². The zero-order valence-corrected chi connectivity index (χ0v) is 15.1. The van der Waals surface area contributed by atoms with Gasteiger partial charge in [-0.1, -0.05) is 39.7 Å². The van der Waals surface area contributed by atoms with Gasteiger partial charge in [0.25, 0.3) is 0 Å². The lowest BCUT2D eigenvalue weighted by Crippen LogP contribution is -2.22. The second-order valence-electron chi connectivity index (χ2n) is 6.09. The highest BCUT2D eigenvalue weighted by molar-refractivity contribution is 9.10. The van der Waals surface area contributed by atoms with Gasteiger partial charge in [0.1, 0.15) is 0 Å². The predicted molar refractivity (Wildman–Crippen MR) is 101 cm³/mol. The largest absolute Gasteiger partial charge is 0.398 e. The number of ketones is 1. The minimum atomic E-state index is 0.0584. The van der Waals surface area contributed by atoms with Gasteiger partial charge in [-0.05, 0) is 48.2 Å². The Morgan fingerprint density at radius 2 is 1.88 bits per heavy atom. The number of anilines is 1. The zero-order valence-electron chi connectivity index (χ0n) is 12.7. The van der Waals surface area contributed by atoms with Crippen LogP contribution in [0.2, 0.25) is 5.02 Å². The Hall–Kier alpha value is -1.91. The van der Waals surface area contributed by atoms with E-state index in [0.717, 1.165) is 26.6 Å². The van der Waals surface area contributed by atoms with Crippen molar-refractivity contribution in [1.82, 2.24) is 4.98 Å². The minimum Gasteiger partial charge on any atom is -0.398 e. The number of halogens is 2. The summed E-state index contributed by atoms with van der Waals surface area (Å²) in [5, 5.41) is 1.52. The van der Waals surface area contributed by atoms with Crippen LogP contribution in [0.1, 0.15) is 34.0 Å². The molecule has 4 rings (SSSR count). The lowest BCUT2D eigenvalue weighted by atomic mass is 9.80. The van der Waals surface area contributed by atoms with Crippen LogP contribution in [-0.4, -0.2) is 10.8 Å². The van der Waals surface area contributed by atoms with Crippen molar-refractivity contribution in [3.05, 3.63) is 68.8 Å². The number of benzene rings is 2.